The molecule has 0 aliphatic heterocycles. The Morgan fingerprint density at radius 3 is 1.82 bits per heavy atom. The first-order chi connectivity index (χ1) is 5.33. The minimum Gasteiger partial charge on any atom is -0.427 e. The van der Waals surface area contributed by atoms with E-state index < -0.39 is 0 Å². The smallest absolute Gasteiger partial charge is 0.160 e. The van der Waals surface area contributed by atoms with Gasteiger partial charge in [0.05, 0.1) is 9.52 Å². The van der Waals surface area contributed by atoms with Crippen molar-refractivity contribution in [2.45, 2.75) is 25.9 Å². The lowest BCUT2D eigenvalue weighted by Crippen LogP contribution is -1.96. The first kappa shape index (κ1) is 13.9. The first-order valence-corrected chi connectivity index (χ1v) is 7.89. The van der Waals surface area contributed by atoms with Gasteiger partial charge in [-0.05, 0) is 6.04 Å². The summed E-state index contributed by atoms with van der Waals surface area (Å²) in [7, 11) is 3.67. The van der Waals surface area contributed by atoms with Crippen LogP contribution in [0, 0.1) is 0 Å². The minimum atomic E-state index is -0.0679. The topological polar surface area (TPSA) is 18.5 Å². The predicted molar refractivity (Wildman–Crippen MR) is 56.9 cm³/mol. The molecule has 70 valence electrons. The summed E-state index contributed by atoms with van der Waals surface area (Å²) in [6, 6.07) is 2.63. The van der Waals surface area contributed by atoms with Crippen molar-refractivity contribution in [3.63, 3.8) is 0 Å². The van der Waals surface area contributed by atoms with Gasteiger partial charge in [0.1, 0.15) is 0 Å². The molecule has 0 spiro atoms. The Hall–Kier alpha value is 0.354. The molecule has 0 bridgehead atoms. The molecule has 0 aromatic rings. The van der Waals surface area contributed by atoms with Crippen LogP contribution in [0.4, 0.5) is 0 Å². The zero-order valence-electron chi connectivity index (χ0n) is 8.35. The summed E-state index contributed by atoms with van der Waals surface area (Å²) in [5, 5.41) is 0. The molecule has 11 heavy (non-hydrogen) atoms. The number of ether oxygens (including phenoxy) is 1. The SMILES string of the molecule is CC[SiH2]COC.CC[SiH2]OC. The summed E-state index contributed by atoms with van der Waals surface area (Å²) in [6.45, 7) is 4.36. The third-order valence-electron chi connectivity index (χ3n) is 1.11. The second-order valence-electron chi connectivity index (χ2n) is 2.34. The van der Waals surface area contributed by atoms with Gasteiger partial charge in [-0.25, -0.2) is 0 Å². The number of hydrogen-bond acceptors (Lipinski definition) is 2. The maximum atomic E-state index is 4.84. The molecule has 0 saturated heterocycles. The number of hydrogen-bond donors (Lipinski definition) is 0. The Bertz CT molecular complexity index is 47.7. The average molecular weight is 194 g/mol. The highest BCUT2D eigenvalue weighted by Gasteiger charge is 1.76. The van der Waals surface area contributed by atoms with E-state index >= 15 is 0 Å². The summed E-state index contributed by atoms with van der Waals surface area (Å²) >= 11 is 0. The second kappa shape index (κ2) is 16.8. The van der Waals surface area contributed by atoms with Gasteiger partial charge in [0.25, 0.3) is 0 Å². The van der Waals surface area contributed by atoms with Crippen molar-refractivity contribution in [3.8, 4) is 0 Å². The molecule has 0 saturated carbocycles. The Kier molecular flexibility index (Phi) is 21.2. The van der Waals surface area contributed by atoms with Crippen LogP contribution in [0.2, 0.25) is 12.1 Å². The fourth-order valence-corrected chi connectivity index (χ4v) is 1.48. The van der Waals surface area contributed by atoms with Crippen LogP contribution in [-0.4, -0.2) is 39.7 Å². The van der Waals surface area contributed by atoms with Crippen LogP contribution in [0.15, 0.2) is 0 Å². The molecule has 0 amide bonds. The number of rotatable bonds is 5. The lowest BCUT2D eigenvalue weighted by Gasteiger charge is -1.88. The summed E-state index contributed by atoms with van der Waals surface area (Å²) in [4.78, 5) is 0. The number of methoxy groups -OCH3 is 1. The fourth-order valence-electron chi connectivity index (χ4n) is 0.493. The van der Waals surface area contributed by atoms with Crippen LogP contribution in [-0.2, 0) is 9.16 Å². The largest absolute Gasteiger partial charge is 0.427 e. The van der Waals surface area contributed by atoms with E-state index in [9.17, 15) is 0 Å². The van der Waals surface area contributed by atoms with Crippen molar-refractivity contribution in [1.82, 2.24) is 0 Å². The van der Waals surface area contributed by atoms with Crippen LogP contribution in [0.25, 0.3) is 0 Å². The third-order valence-corrected chi connectivity index (χ3v) is 3.33. The molecular formula is C7H22O2Si2. The molecular weight excluding hydrogens is 172 g/mol. The van der Waals surface area contributed by atoms with E-state index in [1.807, 2.05) is 0 Å². The standard InChI is InChI=1S/C4H12OSi.C3H10OSi/c1-3-6-4-5-2;1-3-5-4-2/h3-4,6H2,1-2H3;3,5H2,1-2H3. The van der Waals surface area contributed by atoms with Crippen molar-refractivity contribution < 1.29 is 9.16 Å². The quantitative estimate of drug-likeness (QED) is 0.465. The predicted octanol–water partition coefficient (Wildman–Crippen LogP) is 0.352. The molecule has 2 nitrogen and oxygen atoms in total. The lowest BCUT2D eigenvalue weighted by molar-refractivity contribution is 0.251. The van der Waals surface area contributed by atoms with Crippen molar-refractivity contribution in [3.05, 3.63) is 0 Å². The zero-order valence-corrected chi connectivity index (χ0v) is 11.2. The van der Waals surface area contributed by atoms with Crippen LogP contribution in [0.5, 0.6) is 0 Å². The van der Waals surface area contributed by atoms with Crippen LogP contribution in [0.3, 0.4) is 0 Å². The van der Waals surface area contributed by atoms with Gasteiger partial charge in [0.2, 0.25) is 0 Å². The summed E-state index contributed by atoms with van der Waals surface area (Å²) < 4.78 is 9.67. The molecule has 0 aliphatic carbocycles. The van der Waals surface area contributed by atoms with Crippen molar-refractivity contribution in [2.24, 2.45) is 0 Å². The highest BCUT2D eigenvalue weighted by atomic mass is 28.2. The van der Waals surface area contributed by atoms with Crippen molar-refractivity contribution >= 4 is 19.3 Å². The summed E-state index contributed by atoms with van der Waals surface area (Å²) in [5.41, 5.74) is 0. The van der Waals surface area contributed by atoms with Gasteiger partial charge >= 0.3 is 0 Å². The lowest BCUT2D eigenvalue weighted by atomic mass is 11.0. The molecule has 0 heterocycles. The van der Waals surface area contributed by atoms with Gasteiger partial charge in [0, 0.05) is 20.4 Å². The van der Waals surface area contributed by atoms with Gasteiger partial charge < -0.3 is 9.16 Å². The Balaban J connectivity index is 0. The van der Waals surface area contributed by atoms with E-state index in [0.717, 1.165) is 6.23 Å². The third kappa shape index (κ3) is 25.2. The van der Waals surface area contributed by atoms with Gasteiger partial charge in [0.15, 0.2) is 9.76 Å². The Morgan fingerprint density at radius 1 is 1.09 bits per heavy atom. The maximum Gasteiger partial charge on any atom is 0.160 e. The van der Waals surface area contributed by atoms with Crippen molar-refractivity contribution in [1.29, 1.82) is 0 Å². The molecule has 0 atom stereocenters. The monoisotopic (exact) mass is 194 g/mol. The molecule has 0 rings (SSSR count). The molecule has 0 fully saturated rings. The molecule has 0 unspecified atom stereocenters. The molecule has 0 N–H and O–H groups in total. The molecule has 4 heteroatoms. The van der Waals surface area contributed by atoms with Gasteiger partial charge in [-0.1, -0.05) is 19.9 Å². The molecule has 0 aromatic carbocycles. The van der Waals surface area contributed by atoms with Gasteiger partial charge in [-0.3, -0.25) is 0 Å². The molecule has 0 aliphatic rings. The van der Waals surface area contributed by atoms with E-state index in [4.69, 9.17) is 9.16 Å². The highest BCUT2D eigenvalue weighted by molar-refractivity contribution is 6.34. The maximum absolute atomic E-state index is 4.84. The molecule has 0 aromatic heterocycles. The second-order valence-corrected chi connectivity index (χ2v) is 6.44. The van der Waals surface area contributed by atoms with Crippen molar-refractivity contribution in [2.75, 3.05) is 20.4 Å². The summed E-state index contributed by atoms with van der Waals surface area (Å²) in [6.07, 6.45) is 1.05. The molecule has 0 radical (unpaired) electrons. The average Bonchev–Trinajstić information content (AvgIpc) is 2.04. The normalized spacial score (nSPS) is 10.9. The van der Waals surface area contributed by atoms with Gasteiger partial charge in [-0.15, -0.1) is 0 Å². The Morgan fingerprint density at radius 2 is 1.73 bits per heavy atom. The van der Waals surface area contributed by atoms with E-state index in [0.29, 0.717) is 0 Å². The fraction of sp³-hybridized carbons (Fsp3) is 1.00. The Labute approximate surface area is 75.4 Å². The summed E-state index contributed by atoms with van der Waals surface area (Å²) in [5.74, 6) is 0. The van der Waals surface area contributed by atoms with Crippen LogP contribution >= 0.6 is 0 Å². The minimum absolute atomic E-state index is 0.0679. The van der Waals surface area contributed by atoms with Crippen LogP contribution < -0.4 is 0 Å². The van der Waals surface area contributed by atoms with E-state index in [-0.39, 0.29) is 19.3 Å². The van der Waals surface area contributed by atoms with Gasteiger partial charge in [-0.2, -0.15) is 0 Å². The van der Waals surface area contributed by atoms with Crippen LogP contribution in [0.1, 0.15) is 13.8 Å². The zero-order chi connectivity index (χ0) is 8.95. The first-order valence-electron chi connectivity index (χ1n) is 4.31. The highest BCUT2D eigenvalue weighted by Crippen LogP contribution is 1.71. The van der Waals surface area contributed by atoms with E-state index in [1.165, 1.54) is 12.1 Å². The van der Waals surface area contributed by atoms with E-state index in [1.54, 1.807) is 14.2 Å². The van der Waals surface area contributed by atoms with E-state index in [2.05, 4.69) is 13.8 Å².